The van der Waals surface area contributed by atoms with Crippen LogP contribution in [0.25, 0.3) is 0 Å². The standard InChI is InChI=1S/C17H27N5O3/c1-14(23)19-15-4-2-6-21(10-15)17(24)13-20-8-9-25-16(11-20)12-22-7-3-5-18-22/h3,5,7,15-16H,2,4,6,8-13H2,1H3,(H,19,23). The van der Waals surface area contributed by atoms with E-state index in [-0.39, 0.29) is 24.0 Å². The van der Waals surface area contributed by atoms with Gasteiger partial charge in [0.2, 0.25) is 11.8 Å². The summed E-state index contributed by atoms with van der Waals surface area (Å²) < 4.78 is 7.65. The van der Waals surface area contributed by atoms with E-state index in [1.807, 2.05) is 21.8 Å². The van der Waals surface area contributed by atoms with Gasteiger partial charge in [0.25, 0.3) is 0 Å². The van der Waals surface area contributed by atoms with Gasteiger partial charge in [-0.15, -0.1) is 0 Å². The lowest BCUT2D eigenvalue weighted by Gasteiger charge is -2.36. The van der Waals surface area contributed by atoms with Crippen molar-refractivity contribution in [2.45, 2.75) is 38.5 Å². The molecule has 0 saturated carbocycles. The number of carbonyl (C=O) groups is 2. The van der Waals surface area contributed by atoms with Gasteiger partial charge in [-0.2, -0.15) is 5.10 Å². The molecule has 1 aromatic rings. The van der Waals surface area contributed by atoms with Crippen LogP contribution in [-0.4, -0.2) is 82.9 Å². The zero-order valence-corrected chi connectivity index (χ0v) is 14.8. The van der Waals surface area contributed by atoms with Crippen LogP contribution >= 0.6 is 0 Å². The van der Waals surface area contributed by atoms with Gasteiger partial charge >= 0.3 is 0 Å². The monoisotopic (exact) mass is 349 g/mol. The van der Waals surface area contributed by atoms with E-state index < -0.39 is 0 Å². The fourth-order valence-corrected chi connectivity index (χ4v) is 3.55. The van der Waals surface area contributed by atoms with Crippen LogP contribution in [0, 0.1) is 0 Å². The lowest BCUT2D eigenvalue weighted by molar-refractivity contribution is -0.136. The molecule has 3 rings (SSSR count). The van der Waals surface area contributed by atoms with Crippen molar-refractivity contribution >= 4 is 11.8 Å². The second-order valence-corrected chi connectivity index (χ2v) is 6.84. The number of amides is 2. The molecule has 25 heavy (non-hydrogen) atoms. The molecule has 2 atom stereocenters. The minimum absolute atomic E-state index is 0.0334. The van der Waals surface area contributed by atoms with E-state index in [1.54, 1.807) is 6.20 Å². The van der Waals surface area contributed by atoms with Crippen LogP contribution in [0.15, 0.2) is 18.5 Å². The highest BCUT2D eigenvalue weighted by molar-refractivity contribution is 5.78. The maximum atomic E-state index is 12.6. The third kappa shape index (κ3) is 5.27. The summed E-state index contributed by atoms with van der Waals surface area (Å²) >= 11 is 0. The molecular weight excluding hydrogens is 322 g/mol. The molecule has 3 heterocycles. The maximum absolute atomic E-state index is 12.6. The van der Waals surface area contributed by atoms with Crippen LogP contribution in [-0.2, 0) is 20.9 Å². The molecule has 2 fully saturated rings. The number of nitrogens with one attached hydrogen (secondary N) is 1. The van der Waals surface area contributed by atoms with E-state index >= 15 is 0 Å². The summed E-state index contributed by atoms with van der Waals surface area (Å²) in [5.41, 5.74) is 0. The lowest BCUT2D eigenvalue weighted by atomic mass is 10.1. The van der Waals surface area contributed by atoms with Gasteiger partial charge in [0, 0.05) is 51.5 Å². The average Bonchev–Trinajstić information content (AvgIpc) is 3.08. The number of aromatic nitrogens is 2. The van der Waals surface area contributed by atoms with Gasteiger partial charge in [-0.05, 0) is 18.9 Å². The van der Waals surface area contributed by atoms with E-state index in [0.29, 0.717) is 26.2 Å². The predicted molar refractivity (Wildman–Crippen MR) is 91.8 cm³/mol. The lowest BCUT2D eigenvalue weighted by Crippen LogP contribution is -2.53. The van der Waals surface area contributed by atoms with Gasteiger partial charge in [0.1, 0.15) is 0 Å². The van der Waals surface area contributed by atoms with Gasteiger partial charge < -0.3 is 15.0 Å². The van der Waals surface area contributed by atoms with Gasteiger partial charge in [-0.1, -0.05) is 0 Å². The Morgan fingerprint density at radius 2 is 2.20 bits per heavy atom. The molecule has 8 heteroatoms. The molecule has 138 valence electrons. The van der Waals surface area contributed by atoms with Crippen molar-refractivity contribution in [3.63, 3.8) is 0 Å². The Hall–Kier alpha value is -1.93. The molecule has 2 aliphatic rings. The Morgan fingerprint density at radius 1 is 1.32 bits per heavy atom. The summed E-state index contributed by atoms with van der Waals surface area (Å²) in [6.07, 6.45) is 5.60. The second kappa shape index (κ2) is 8.44. The van der Waals surface area contributed by atoms with Crippen molar-refractivity contribution in [3.05, 3.63) is 18.5 Å². The summed E-state index contributed by atoms with van der Waals surface area (Å²) in [5, 5.41) is 7.14. The highest BCUT2D eigenvalue weighted by atomic mass is 16.5. The van der Waals surface area contributed by atoms with Crippen LogP contribution in [0.2, 0.25) is 0 Å². The van der Waals surface area contributed by atoms with E-state index in [4.69, 9.17) is 4.74 Å². The molecule has 2 aliphatic heterocycles. The first-order valence-corrected chi connectivity index (χ1v) is 8.96. The Kier molecular flexibility index (Phi) is 6.04. The van der Waals surface area contributed by atoms with E-state index in [9.17, 15) is 9.59 Å². The number of rotatable bonds is 5. The summed E-state index contributed by atoms with van der Waals surface area (Å²) in [5.74, 6) is 0.101. The van der Waals surface area contributed by atoms with Crippen molar-refractivity contribution in [2.24, 2.45) is 0 Å². The number of carbonyl (C=O) groups excluding carboxylic acids is 2. The number of piperidine rings is 1. The Balaban J connectivity index is 1.47. The van der Waals surface area contributed by atoms with Crippen molar-refractivity contribution in [3.8, 4) is 0 Å². The smallest absolute Gasteiger partial charge is 0.236 e. The van der Waals surface area contributed by atoms with Crippen LogP contribution < -0.4 is 5.32 Å². The third-order valence-electron chi connectivity index (χ3n) is 4.71. The molecule has 0 aromatic carbocycles. The summed E-state index contributed by atoms with van der Waals surface area (Å²) in [6.45, 7) is 6.15. The molecule has 2 saturated heterocycles. The number of hydrogen-bond acceptors (Lipinski definition) is 5. The first-order chi connectivity index (χ1) is 12.1. The molecule has 1 N–H and O–H groups in total. The zero-order chi connectivity index (χ0) is 17.6. The summed E-state index contributed by atoms with van der Waals surface area (Å²) in [6, 6.07) is 1.97. The largest absolute Gasteiger partial charge is 0.374 e. The quantitative estimate of drug-likeness (QED) is 0.790. The molecule has 0 radical (unpaired) electrons. The summed E-state index contributed by atoms with van der Waals surface area (Å²) in [4.78, 5) is 27.9. The fourth-order valence-electron chi connectivity index (χ4n) is 3.55. The normalized spacial score (nSPS) is 24.9. The van der Waals surface area contributed by atoms with Crippen LogP contribution in [0.1, 0.15) is 19.8 Å². The minimum Gasteiger partial charge on any atom is -0.374 e. The number of ether oxygens (including phenoxy) is 1. The van der Waals surface area contributed by atoms with Crippen molar-refractivity contribution in [2.75, 3.05) is 39.3 Å². The molecule has 1 aromatic heterocycles. The first-order valence-electron chi connectivity index (χ1n) is 8.96. The van der Waals surface area contributed by atoms with Crippen molar-refractivity contribution in [1.29, 1.82) is 0 Å². The topological polar surface area (TPSA) is 79.7 Å². The van der Waals surface area contributed by atoms with Crippen molar-refractivity contribution < 1.29 is 14.3 Å². The zero-order valence-electron chi connectivity index (χ0n) is 14.8. The molecular formula is C17H27N5O3. The fraction of sp³-hybridized carbons (Fsp3) is 0.706. The van der Waals surface area contributed by atoms with Gasteiger partial charge in [-0.3, -0.25) is 19.2 Å². The summed E-state index contributed by atoms with van der Waals surface area (Å²) in [7, 11) is 0. The number of hydrogen-bond donors (Lipinski definition) is 1. The maximum Gasteiger partial charge on any atom is 0.236 e. The third-order valence-corrected chi connectivity index (χ3v) is 4.71. The molecule has 2 amide bonds. The highest BCUT2D eigenvalue weighted by Gasteiger charge is 2.27. The van der Waals surface area contributed by atoms with Gasteiger partial charge in [0.05, 0.1) is 25.8 Å². The minimum atomic E-state index is -0.0334. The van der Waals surface area contributed by atoms with Crippen molar-refractivity contribution in [1.82, 2.24) is 24.9 Å². The molecule has 0 aliphatic carbocycles. The molecule has 0 spiro atoms. The van der Waals surface area contributed by atoms with E-state index in [0.717, 1.165) is 32.5 Å². The number of likely N-dealkylation sites (tertiary alicyclic amines) is 1. The van der Waals surface area contributed by atoms with Crippen LogP contribution in [0.4, 0.5) is 0 Å². The molecule has 8 nitrogen and oxygen atoms in total. The number of morpholine rings is 1. The first kappa shape index (κ1) is 17.9. The Bertz CT molecular complexity index is 577. The molecule has 0 bridgehead atoms. The van der Waals surface area contributed by atoms with Gasteiger partial charge in [-0.25, -0.2) is 0 Å². The highest BCUT2D eigenvalue weighted by Crippen LogP contribution is 2.12. The average molecular weight is 349 g/mol. The van der Waals surface area contributed by atoms with E-state index in [2.05, 4.69) is 15.3 Å². The Labute approximate surface area is 148 Å². The SMILES string of the molecule is CC(=O)NC1CCCN(C(=O)CN2CCOC(Cn3cccn3)C2)C1. The predicted octanol–water partition coefficient (Wildman–Crippen LogP) is -0.289. The van der Waals surface area contributed by atoms with E-state index in [1.165, 1.54) is 6.92 Å². The second-order valence-electron chi connectivity index (χ2n) is 6.84. The van der Waals surface area contributed by atoms with Crippen LogP contribution in [0.3, 0.4) is 0 Å². The van der Waals surface area contributed by atoms with Gasteiger partial charge in [0.15, 0.2) is 0 Å². The van der Waals surface area contributed by atoms with Crippen LogP contribution in [0.5, 0.6) is 0 Å². The Morgan fingerprint density at radius 3 is 2.96 bits per heavy atom. The molecule has 2 unspecified atom stereocenters. The number of nitrogens with zero attached hydrogens (tertiary/aromatic N) is 4.